The fourth-order valence-electron chi connectivity index (χ4n) is 3.39. The predicted octanol–water partition coefficient (Wildman–Crippen LogP) is 4.83. The highest BCUT2D eigenvalue weighted by Gasteiger charge is 2.28. The van der Waals surface area contributed by atoms with Gasteiger partial charge < -0.3 is 14.2 Å². The molecule has 0 saturated heterocycles. The van der Waals surface area contributed by atoms with E-state index in [1.54, 1.807) is 13.3 Å². The van der Waals surface area contributed by atoms with E-state index in [-0.39, 0.29) is 11.6 Å². The van der Waals surface area contributed by atoms with E-state index in [0.717, 1.165) is 47.3 Å². The van der Waals surface area contributed by atoms with Crippen LogP contribution in [0, 0.1) is 0 Å². The zero-order chi connectivity index (χ0) is 18.1. The molecule has 0 unspecified atom stereocenters. The molecule has 1 aromatic heterocycles. The second-order valence-electron chi connectivity index (χ2n) is 6.09. The van der Waals surface area contributed by atoms with Gasteiger partial charge in [-0.05, 0) is 68.8 Å². The Labute approximate surface area is 164 Å². The molecule has 0 amide bonds. The van der Waals surface area contributed by atoms with E-state index in [0.29, 0.717) is 10.4 Å². The van der Waals surface area contributed by atoms with E-state index in [4.69, 9.17) is 4.74 Å². The number of halogens is 2. The molecule has 5 nitrogen and oxygen atoms in total. The minimum atomic E-state index is -0.0486. The monoisotopic (exact) mass is 469 g/mol. The highest BCUT2D eigenvalue weighted by atomic mass is 79.9. The Balaban J connectivity index is 2.13. The summed E-state index contributed by atoms with van der Waals surface area (Å²) in [4.78, 5) is 19.6. The van der Waals surface area contributed by atoms with Crippen LogP contribution in [0.3, 0.4) is 0 Å². The van der Waals surface area contributed by atoms with Crippen molar-refractivity contribution in [2.75, 3.05) is 18.6 Å². The molecule has 0 bridgehead atoms. The van der Waals surface area contributed by atoms with Crippen LogP contribution in [0.1, 0.15) is 38.3 Å². The average Bonchev–Trinajstić information content (AvgIpc) is 3.02. The molecule has 25 heavy (non-hydrogen) atoms. The number of fused-ring (bicyclic) bond motifs is 1. The van der Waals surface area contributed by atoms with Gasteiger partial charge in [0.25, 0.3) is 5.56 Å². The summed E-state index contributed by atoms with van der Waals surface area (Å²) < 4.78 is 8.74. The van der Waals surface area contributed by atoms with Gasteiger partial charge in [-0.15, -0.1) is 0 Å². The number of benzene rings is 1. The van der Waals surface area contributed by atoms with Gasteiger partial charge in [-0.1, -0.05) is 13.8 Å². The highest BCUT2D eigenvalue weighted by molar-refractivity contribution is 9.10. The van der Waals surface area contributed by atoms with Crippen molar-refractivity contribution in [2.45, 2.75) is 39.2 Å². The van der Waals surface area contributed by atoms with Crippen molar-refractivity contribution in [1.29, 1.82) is 0 Å². The summed E-state index contributed by atoms with van der Waals surface area (Å²) in [7, 11) is 1.66. The van der Waals surface area contributed by atoms with E-state index in [1.807, 2.05) is 21.6 Å². The first kappa shape index (κ1) is 18.5. The van der Waals surface area contributed by atoms with Crippen LogP contribution in [0.25, 0.3) is 0 Å². The van der Waals surface area contributed by atoms with Gasteiger partial charge in [-0.3, -0.25) is 4.79 Å². The zero-order valence-corrected chi connectivity index (χ0v) is 17.7. The summed E-state index contributed by atoms with van der Waals surface area (Å²) in [5.41, 5.74) is 2.11. The number of hydrogen-bond acceptors (Lipinski definition) is 4. The zero-order valence-electron chi connectivity index (χ0n) is 14.6. The van der Waals surface area contributed by atoms with Crippen molar-refractivity contribution in [2.24, 2.45) is 0 Å². The van der Waals surface area contributed by atoms with Crippen molar-refractivity contribution in [3.63, 3.8) is 0 Å². The number of ether oxygens (including phenoxy) is 1. The van der Waals surface area contributed by atoms with Gasteiger partial charge in [0.05, 0.1) is 12.8 Å². The minimum absolute atomic E-state index is 0.0486. The van der Waals surface area contributed by atoms with Crippen LogP contribution in [0.4, 0.5) is 11.5 Å². The maximum atomic E-state index is 13.1. The van der Waals surface area contributed by atoms with Gasteiger partial charge in [0.1, 0.15) is 10.4 Å². The molecular formula is C18H21Br2N3O2. The van der Waals surface area contributed by atoms with Crippen molar-refractivity contribution in [1.82, 2.24) is 9.55 Å². The topological polar surface area (TPSA) is 47.4 Å². The molecule has 1 aromatic carbocycles. The fourth-order valence-corrected chi connectivity index (χ4v) is 4.47. The normalized spacial score (nSPS) is 13.4. The summed E-state index contributed by atoms with van der Waals surface area (Å²) in [6, 6.07) is 4.12. The Morgan fingerprint density at radius 3 is 2.64 bits per heavy atom. The molecule has 0 radical (unpaired) electrons. The van der Waals surface area contributed by atoms with Crippen LogP contribution in [-0.2, 0) is 6.42 Å². The third kappa shape index (κ3) is 3.36. The lowest BCUT2D eigenvalue weighted by Crippen LogP contribution is -2.31. The first-order valence-electron chi connectivity index (χ1n) is 8.42. The Hall–Kier alpha value is -1.34. The molecule has 7 heteroatoms. The van der Waals surface area contributed by atoms with Crippen LogP contribution >= 0.6 is 31.9 Å². The third-order valence-electron chi connectivity index (χ3n) is 4.70. The number of nitrogens with zero attached hydrogens (tertiary/aromatic N) is 3. The number of anilines is 2. The smallest absolute Gasteiger partial charge is 0.294 e. The maximum Gasteiger partial charge on any atom is 0.294 e. The molecule has 134 valence electrons. The molecular weight excluding hydrogens is 450 g/mol. The Bertz CT molecular complexity index is 847. The van der Waals surface area contributed by atoms with Crippen LogP contribution < -0.4 is 15.2 Å². The van der Waals surface area contributed by atoms with Crippen LogP contribution in [0.5, 0.6) is 5.75 Å². The summed E-state index contributed by atoms with van der Waals surface area (Å²) in [5.74, 6) is 1.27. The lowest BCUT2D eigenvalue weighted by atomic mass is 10.1. The van der Waals surface area contributed by atoms with Gasteiger partial charge in [-0.2, -0.15) is 0 Å². The molecule has 2 heterocycles. The number of rotatable bonds is 5. The summed E-state index contributed by atoms with van der Waals surface area (Å²) in [6.45, 7) is 4.92. The van der Waals surface area contributed by atoms with E-state index in [1.165, 1.54) is 0 Å². The van der Waals surface area contributed by atoms with Gasteiger partial charge in [0.15, 0.2) is 0 Å². The molecule has 2 aromatic rings. The number of methoxy groups -OCH3 is 1. The highest BCUT2D eigenvalue weighted by Crippen LogP contribution is 2.41. The quantitative estimate of drug-likeness (QED) is 0.627. The molecule has 0 fully saturated rings. The lowest BCUT2D eigenvalue weighted by molar-refractivity contribution is 0.414. The van der Waals surface area contributed by atoms with Crippen molar-refractivity contribution >= 4 is 43.4 Å². The van der Waals surface area contributed by atoms with Crippen LogP contribution in [0.2, 0.25) is 0 Å². The summed E-state index contributed by atoms with van der Waals surface area (Å²) >= 11 is 7.10. The molecule has 0 spiro atoms. The molecule has 0 atom stereocenters. The van der Waals surface area contributed by atoms with E-state index < -0.39 is 0 Å². The van der Waals surface area contributed by atoms with Gasteiger partial charge in [-0.25, -0.2) is 4.98 Å². The average molecular weight is 471 g/mol. The molecule has 1 aliphatic rings. The molecule has 1 aliphatic heterocycles. The first-order valence-corrected chi connectivity index (χ1v) is 10.0. The SMILES string of the molecule is CCC(CC)n1cc(Br)nc(N2CCc3cc(OC)cc(Br)c32)c1=O. The molecule has 0 aliphatic carbocycles. The minimum Gasteiger partial charge on any atom is -0.497 e. The fraction of sp³-hybridized carbons (Fsp3) is 0.444. The van der Waals surface area contributed by atoms with Gasteiger partial charge in [0.2, 0.25) is 5.82 Å². The number of aromatic nitrogens is 2. The van der Waals surface area contributed by atoms with E-state index >= 15 is 0 Å². The molecule has 3 rings (SSSR count). The van der Waals surface area contributed by atoms with Crippen LogP contribution in [-0.4, -0.2) is 23.2 Å². The first-order chi connectivity index (χ1) is 12.0. The standard InChI is InChI=1S/C18H21Br2N3O2/c1-4-12(5-2)23-10-15(20)21-17(18(23)24)22-7-6-11-8-13(25-3)9-14(19)16(11)22/h8-10,12H,4-7H2,1-3H3. The Morgan fingerprint density at radius 1 is 1.28 bits per heavy atom. The predicted molar refractivity (Wildman–Crippen MR) is 107 cm³/mol. The lowest BCUT2D eigenvalue weighted by Gasteiger charge is -2.23. The van der Waals surface area contributed by atoms with Crippen LogP contribution in [0.15, 0.2) is 32.2 Å². The van der Waals surface area contributed by atoms with Gasteiger partial charge >= 0.3 is 0 Å². The number of hydrogen-bond donors (Lipinski definition) is 0. The molecule has 0 saturated carbocycles. The largest absolute Gasteiger partial charge is 0.497 e. The van der Waals surface area contributed by atoms with Crippen molar-refractivity contribution in [3.05, 3.63) is 43.3 Å². The van der Waals surface area contributed by atoms with Crippen molar-refractivity contribution in [3.8, 4) is 5.75 Å². The second kappa shape index (κ2) is 7.50. The Kier molecular flexibility index (Phi) is 5.53. The molecule has 0 N–H and O–H groups in total. The Morgan fingerprint density at radius 2 is 2.00 bits per heavy atom. The summed E-state index contributed by atoms with van der Waals surface area (Å²) in [5, 5.41) is 0. The third-order valence-corrected chi connectivity index (χ3v) is 5.69. The van der Waals surface area contributed by atoms with Crippen molar-refractivity contribution < 1.29 is 4.74 Å². The summed E-state index contributed by atoms with van der Waals surface area (Å²) in [6.07, 6.45) is 4.46. The van der Waals surface area contributed by atoms with E-state index in [9.17, 15) is 4.79 Å². The van der Waals surface area contributed by atoms with Gasteiger partial charge in [0, 0.05) is 23.3 Å². The van der Waals surface area contributed by atoms with E-state index in [2.05, 4.69) is 50.7 Å². The second-order valence-corrected chi connectivity index (χ2v) is 7.76. The maximum absolute atomic E-state index is 13.1.